The highest BCUT2D eigenvalue weighted by Gasteiger charge is 2.42. The standard InChI is InChI=1S/C29H32N4O2/c1-3-14-33-25-9-8-21(23-6-4-7-24(26(23)25)27(33)34)18-32-19-22(17-30-32)20-10-15-31(16-11-20)28(35)29(2)12-5-13-29/h3-4,6-9,17,19-20H,1,5,10-16,18H2,2H3. The van der Waals surface area contributed by atoms with Crippen LogP contribution in [0.25, 0.3) is 10.8 Å². The van der Waals surface area contributed by atoms with Crippen LogP contribution in [0.15, 0.2) is 55.4 Å². The van der Waals surface area contributed by atoms with E-state index in [0.29, 0.717) is 24.9 Å². The van der Waals surface area contributed by atoms with E-state index >= 15 is 0 Å². The highest BCUT2D eigenvalue weighted by atomic mass is 16.2. The van der Waals surface area contributed by atoms with Gasteiger partial charge in [-0.15, -0.1) is 6.58 Å². The number of piperidine rings is 1. The van der Waals surface area contributed by atoms with E-state index in [4.69, 9.17) is 0 Å². The summed E-state index contributed by atoms with van der Waals surface area (Å²) in [5, 5.41) is 6.81. The number of likely N-dealkylation sites (tertiary alicyclic amines) is 1. The lowest BCUT2D eigenvalue weighted by Crippen LogP contribution is -2.48. The smallest absolute Gasteiger partial charge is 0.259 e. The molecule has 3 aromatic rings. The number of rotatable bonds is 6. The monoisotopic (exact) mass is 468 g/mol. The average Bonchev–Trinajstić information content (AvgIpc) is 3.43. The number of hydrogen-bond donors (Lipinski definition) is 0. The van der Waals surface area contributed by atoms with Crippen molar-refractivity contribution in [2.45, 2.75) is 51.5 Å². The Hall–Kier alpha value is -3.41. The molecule has 1 aromatic heterocycles. The van der Waals surface area contributed by atoms with Gasteiger partial charge in [0.05, 0.1) is 18.4 Å². The Morgan fingerprint density at radius 3 is 2.71 bits per heavy atom. The number of carbonyl (C=O) groups is 2. The molecular formula is C29H32N4O2. The minimum atomic E-state index is -0.106. The Labute approximate surface area is 206 Å². The third-order valence-corrected chi connectivity index (χ3v) is 8.40. The zero-order valence-electron chi connectivity index (χ0n) is 20.4. The molecule has 0 radical (unpaired) electrons. The van der Waals surface area contributed by atoms with Crippen LogP contribution in [0.4, 0.5) is 5.69 Å². The maximum atomic E-state index is 12.9. The summed E-state index contributed by atoms with van der Waals surface area (Å²) >= 11 is 0. The molecular weight excluding hydrogens is 436 g/mol. The first-order chi connectivity index (χ1) is 17.0. The van der Waals surface area contributed by atoms with Gasteiger partial charge in [0.2, 0.25) is 5.91 Å². The quantitative estimate of drug-likeness (QED) is 0.472. The van der Waals surface area contributed by atoms with E-state index in [1.165, 1.54) is 12.0 Å². The first-order valence-corrected chi connectivity index (χ1v) is 12.8. The Morgan fingerprint density at radius 2 is 2.00 bits per heavy atom. The summed E-state index contributed by atoms with van der Waals surface area (Å²) in [5.41, 5.74) is 4.03. The van der Waals surface area contributed by atoms with Gasteiger partial charge in [0, 0.05) is 42.2 Å². The maximum absolute atomic E-state index is 12.9. The SMILES string of the molecule is C=CCN1C(=O)c2cccc3c(Cn4cc(C5CCN(C(=O)C6(C)CCC6)CC5)cn4)ccc1c23. The number of amides is 2. The van der Waals surface area contributed by atoms with E-state index in [9.17, 15) is 9.59 Å². The van der Waals surface area contributed by atoms with Crippen molar-refractivity contribution in [3.8, 4) is 0 Å². The molecule has 1 aliphatic carbocycles. The lowest BCUT2D eigenvalue weighted by Gasteiger charge is -2.43. The van der Waals surface area contributed by atoms with Crippen LogP contribution in [0.1, 0.15) is 66.4 Å². The summed E-state index contributed by atoms with van der Waals surface area (Å²) in [6.45, 7) is 8.78. The molecule has 2 fully saturated rings. The van der Waals surface area contributed by atoms with E-state index in [-0.39, 0.29) is 11.3 Å². The summed E-state index contributed by atoms with van der Waals surface area (Å²) in [5.74, 6) is 0.843. The molecule has 0 spiro atoms. The number of anilines is 1. The first kappa shape index (κ1) is 22.1. The Balaban J connectivity index is 1.18. The maximum Gasteiger partial charge on any atom is 0.259 e. The fraction of sp³-hybridized carbons (Fsp3) is 0.414. The lowest BCUT2D eigenvalue weighted by atomic mass is 9.69. The van der Waals surface area contributed by atoms with E-state index in [1.807, 2.05) is 23.0 Å². The average molecular weight is 469 g/mol. The summed E-state index contributed by atoms with van der Waals surface area (Å²) < 4.78 is 2.00. The predicted molar refractivity (Wildman–Crippen MR) is 138 cm³/mol. The molecule has 2 amide bonds. The van der Waals surface area contributed by atoms with Crippen LogP contribution >= 0.6 is 0 Å². The van der Waals surface area contributed by atoms with E-state index in [2.05, 4.69) is 47.9 Å². The van der Waals surface area contributed by atoms with Crippen LogP contribution in [0.2, 0.25) is 0 Å². The normalized spacial score (nSPS) is 19.3. The number of hydrogen-bond acceptors (Lipinski definition) is 3. The van der Waals surface area contributed by atoms with Gasteiger partial charge in [0.15, 0.2) is 0 Å². The van der Waals surface area contributed by atoms with E-state index in [0.717, 1.165) is 66.4 Å². The van der Waals surface area contributed by atoms with Gasteiger partial charge in [-0.1, -0.05) is 37.6 Å². The fourth-order valence-corrected chi connectivity index (χ4v) is 6.12. The molecule has 35 heavy (non-hydrogen) atoms. The van der Waals surface area contributed by atoms with Crippen molar-refractivity contribution in [3.63, 3.8) is 0 Å². The highest BCUT2D eigenvalue weighted by Crippen LogP contribution is 2.43. The van der Waals surface area contributed by atoms with Crippen LogP contribution in [-0.4, -0.2) is 46.1 Å². The van der Waals surface area contributed by atoms with Gasteiger partial charge in [-0.2, -0.15) is 5.10 Å². The molecule has 2 aliphatic heterocycles. The molecule has 0 bridgehead atoms. The molecule has 180 valence electrons. The summed E-state index contributed by atoms with van der Waals surface area (Å²) in [4.78, 5) is 29.6. The summed E-state index contributed by atoms with van der Waals surface area (Å²) in [7, 11) is 0. The Bertz CT molecular complexity index is 1330. The molecule has 0 unspecified atom stereocenters. The Kier molecular flexibility index (Phi) is 5.28. The van der Waals surface area contributed by atoms with Gasteiger partial charge < -0.3 is 9.80 Å². The molecule has 3 aliphatic rings. The zero-order valence-corrected chi connectivity index (χ0v) is 20.4. The van der Waals surface area contributed by atoms with Gasteiger partial charge in [0.1, 0.15) is 0 Å². The largest absolute Gasteiger partial charge is 0.342 e. The number of nitrogens with zero attached hydrogens (tertiary/aromatic N) is 4. The van der Waals surface area contributed by atoms with Gasteiger partial charge in [-0.25, -0.2) is 0 Å². The fourth-order valence-electron chi connectivity index (χ4n) is 6.12. The summed E-state index contributed by atoms with van der Waals surface area (Å²) in [6.07, 6.45) is 11.2. The van der Waals surface area contributed by atoms with Gasteiger partial charge in [0.25, 0.3) is 5.91 Å². The highest BCUT2D eigenvalue weighted by molar-refractivity contribution is 6.25. The van der Waals surface area contributed by atoms with Crippen molar-refractivity contribution in [3.05, 3.63) is 72.1 Å². The van der Waals surface area contributed by atoms with Crippen LogP contribution in [0.5, 0.6) is 0 Å². The van der Waals surface area contributed by atoms with Crippen molar-refractivity contribution in [2.24, 2.45) is 5.41 Å². The molecule has 6 nitrogen and oxygen atoms in total. The summed E-state index contributed by atoms with van der Waals surface area (Å²) in [6, 6.07) is 10.1. The minimum absolute atomic E-state index is 0.0418. The lowest BCUT2D eigenvalue weighted by molar-refractivity contribution is -0.147. The van der Waals surface area contributed by atoms with Crippen molar-refractivity contribution in [2.75, 3.05) is 24.5 Å². The number of aromatic nitrogens is 2. The minimum Gasteiger partial charge on any atom is -0.342 e. The van der Waals surface area contributed by atoms with Crippen molar-refractivity contribution in [1.82, 2.24) is 14.7 Å². The van der Waals surface area contributed by atoms with Gasteiger partial charge in [-0.05, 0) is 60.2 Å². The van der Waals surface area contributed by atoms with Crippen LogP contribution in [0.3, 0.4) is 0 Å². The van der Waals surface area contributed by atoms with Crippen LogP contribution < -0.4 is 4.90 Å². The molecule has 0 atom stereocenters. The van der Waals surface area contributed by atoms with Crippen LogP contribution in [0, 0.1) is 5.41 Å². The first-order valence-electron chi connectivity index (χ1n) is 12.8. The molecule has 0 N–H and O–H groups in total. The van der Waals surface area contributed by atoms with Gasteiger partial charge >= 0.3 is 0 Å². The van der Waals surface area contributed by atoms with Crippen molar-refractivity contribution < 1.29 is 9.59 Å². The molecule has 6 rings (SSSR count). The second kappa shape index (κ2) is 8.36. The van der Waals surface area contributed by atoms with E-state index in [1.54, 1.807) is 11.0 Å². The molecule has 6 heteroatoms. The molecule has 2 aromatic carbocycles. The Morgan fingerprint density at radius 1 is 1.20 bits per heavy atom. The molecule has 1 saturated carbocycles. The van der Waals surface area contributed by atoms with Crippen LogP contribution in [-0.2, 0) is 11.3 Å². The zero-order chi connectivity index (χ0) is 24.2. The predicted octanol–water partition coefficient (Wildman–Crippen LogP) is 5.13. The molecule has 3 heterocycles. The third-order valence-electron chi connectivity index (χ3n) is 8.40. The second-order valence-electron chi connectivity index (χ2n) is 10.6. The van der Waals surface area contributed by atoms with Crippen molar-refractivity contribution in [1.29, 1.82) is 0 Å². The third kappa shape index (κ3) is 3.58. The van der Waals surface area contributed by atoms with E-state index < -0.39 is 0 Å². The van der Waals surface area contributed by atoms with Gasteiger partial charge in [-0.3, -0.25) is 14.3 Å². The van der Waals surface area contributed by atoms with Crippen molar-refractivity contribution >= 4 is 28.3 Å². The topological polar surface area (TPSA) is 58.4 Å². The number of carbonyl (C=O) groups excluding carboxylic acids is 2. The molecule has 1 saturated heterocycles. The second-order valence-corrected chi connectivity index (χ2v) is 10.6. The number of benzene rings is 2.